The van der Waals surface area contributed by atoms with Crippen LogP contribution in [0.2, 0.25) is 0 Å². The zero-order valence-electron chi connectivity index (χ0n) is 14.3. The quantitative estimate of drug-likeness (QED) is 0.862. The van der Waals surface area contributed by atoms with Gasteiger partial charge in [-0.05, 0) is 62.7 Å². The van der Waals surface area contributed by atoms with Gasteiger partial charge < -0.3 is 15.2 Å². The Hall–Kier alpha value is -2.89. The fourth-order valence-electron chi connectivity index (χ4n) is 2.16. The van der Waals surface area contributed by atoms with E-state index in [1.54, 1.807) is 24.3 Å². The molecule has 2 aromatic rings. The largest absolute Gasteiger partial charge is 0.488 e. The van der Waals surface area contributed by atoms with Gasteiger partial charge in [0.15, 0.2) is 0 Å². The van der Waals surface area contributed by atoms with Crippen LogP contribution >= 0.6 is 0 Å². The van der Waals surface area contributed by atoms with E-state index in [4.69, 9.17) is 9.84 Å². The normalized spacial score (nSPS) is 11.0. The van der Waals surface area contributed by atoms with Crippen molar-refractivity contribution < 1.29 is 23.8 Å². The predicted molar refractivity (Wildman–Crippen MR) is 92.5 cm³/mol. The summed E-state index contributed by atoms with van der Waals surface area (Å²) in [6, 6.07) is 10.5. The Balaban J connectivity index is 2.06. The number of benzene rings is 2. The fraction of sp³-hybridized carbons (Fsp3) is 0.263. The van der Waals surface area contributed by atoms with Gasteiger partial charge in [0, 0.05) is 11.3 Å². The van der Waals surface area contributed by atoms with Crippen LogP contribution in [-0.4, -0.2) is 22.6 Å². The third kappa shape index (κ3) is 5.60. The van der Waals surface area contributed by atoms with E-state index in [1.165, 1.54) is 12.1 Å². The molecule has 0 saturated carbocycles. The summed E-state index contributed by atoms with van der Waals surface area (Å²) in [5.74, 6) is -1.54. The number of hydrogen-bond donors (Lipinski definition) is 2. The fourth-order valence-corrected chi connectivity index (χ4v) is 2.16. The van der Waals surface area contributed by atoms with Gasteiger partial charge in [-0.2, -0.15) is 0 Å². The highest BCUT2D eigenvalue weighted by atomic mass is 19.1. The van der Waals surface area contributed by atoms with Crippen molar-refractivity contribution >= 4 is 17.6 Å². The Labute approximate surface area is 145 Å². The van der Waals surface area contributed by atoms with E-state index in [1.807, 2.05) is 20.8 Å². The summed E-state index contributed by atoms with van der Waals surface area (Å²) in [6.07, 6.45) is -0.407. The van der Waals surface area contributed by atoms with Crippen LogP contribution in [0.1, 0.15) is 36.7 Å². The van der Waals surface area contributed by atoms with Crippen molar-refractivity contribution in [1.29, 1.82) is 0 Å². The van der Waals surface area contributed by atoms with Crippen molar-refractivity contribution in [3.63, 3.8) is 0 Å². The van der Waals surface area contributed by atoms with Gasteiger partial charge in [-0.3, -0.25) is 9.59 Å². The molecule has 2 N–H and O–H groups in total. The molecule has 0 fully saturated rings. The highest BCUT2D eigenvalue weighted by molar-refractivity contribution is 6.04. The van der Waals surface area contributed by atoms with Gasteiger partial charge in [-0.15, -0.1) is 0 Å². The molecule has 1 amide bonds. The number of rotatable bonds is 5. The van der Waals surface area contributed by atoms with Crippen molar-refractivity contribution in [2.24, 2.45) is 0 Å². The van der Waals surface area contributed by atoms with Crippen LogP contribution in [-0.2, 0) is 11.2 Å². The van der Waals surface area contributed by atoms with E-state index in [2.05, 4.69) is 5.32 Å². The van der Waals surface area contributed by atoms with Crippen LogP contribution in [0.5, 0.6) is 5.75 Å². The molecule has 0 atom stereocenters. The van der Waals surface area contributed by atoms with Crippen molar-refractivity contribution in [1.82, 2.24) is 0 Å². The summed E-state index contributed by atoms with van der Waals surface area (Å²) in [5.41, 5.74) is 0.385. The van der Waals surface area contributed by atoms with Gasteiger partial charge in [-0.25, -0.2) is 4.39 Å². The Kier molecular flexibility index (Phi) is 5.41. The summed E-state index contributed by atoms with van der Waals surface area (Å²) < 4.78 is 19.5. The van der Waals surface area contributed by atoms with Gasteiger partial charge in [0.2, 0.25) is 0 Å². The Morgan fingerprint density at radius 2 is 1.76 bits per heavy atom. The molecule has 2 rings (SSSR count). The van der Waals surface area contributed by atoms with E-state index in [0.29, 0.717) is 11.3 Å². The number of carboxylic acid groups (broad SMARTS) is 1. The Bertz CT molecular complexity index is 779. The molecular formula is C19H20FNO4. The average Bonchev–Trinajstić information content (AvgIpc) is 2.48. The molecule has 0 aliphatic rings. The molecule has 0 bridgehead atoms. The smallest absolute Gasteiger partial charge is 0.307 e. The molecule has 0 aromatic heterocycles. The first-order chi connectivity index (χ1) is 11.6. The van der Waals surface area contributed by atoms with Crippen LogP contribution in [0.25, 0.3) is 0 Å². The second-order valence-corrected chi connectivity index (χ2v) is 6.57. The molecule has 5 nitrogen and oxygen atoms in total. The predicted octanol–water partition coefficient (Wildman–Crippen LogP) is 3.88. The van der Waals surface area contributed by atoms with Crippen LogP contribution in [0.15, 0.2) is 42.5 Å². The second-order valence-electron chi connectivity index (χ2n) is 6.57. The third-order valence-corrected chi connectivity index (χ3v) is 3.19. The summed E-state index contributed by atoms with van der Waals surface area (Å²) in [4.78, 5) is 22.9. The van der Waals surface area contributed by atoms with Crippen LogP contribution < -0.4 is 10.1 Å². The first-order valence-corrected chi connectivity index (χ1v) is 7.75. The second kappa shape index (κ2) is 7.34. The number of nitrogens with one attached hydrogen (secondary N) is 1. The van der Waals surface area contributed by atoms with Crippen LogP contribution in [0, 0.1) is 5.82 Å². The monoisotopic (exact) mass is 345 g/mol. The van der Waals surface area contributed by atoms with Gasteiger partial charge in [0.05, 0.1) is 6.42 Å². The van der Waals surface area contributed by atoms with E-state index in [0.717, 1.165) is 6.07 Å². The first kappa shape index (κ1) is 18.4. The molecule has 2 aromatic carbocycles. The Morgan fingerprint density at radius 1 is 1.12 bits per heavy atom. The van der Waals surface area contributed by atoms with E-state index in [9.17, 15) is 14.0 Å². The summed E-state index contributed by atoms with van der Waals surface area (Å²) >= 11 is 0. The minimum absolute atomic E-state index is 0.0641. The van der Waals surface area contributed by atoms with Gasteiger partial charge >= 0.3 is 5.97 Å². The number of carbonyl (C=O) groups is 2. The maximum atomic E-state index is 13.8. The number of aliphatic carboxylic acids is 1. The molecule has 0 unspecified atom stereocenters. The summed E-state index contributed by atoms with van der Waals surface area (Å²) in [5, 5.41) is 11.3. The van der Waals surface area contributed by atoms with Crippen molar-refractivity contribution in [3.8, 4) is 5.75 Å². The summed E-state index contributed by atoms with van der Waals surface area (Å²) in [7, 11) is 0. The molecule has 0 saturated heterocycles. The average molecular weight is 345 g/mol. The number of ether oxygens (including phenoxy) is 1. The van der Waals surface area contributed by atoms with E-state index < -0.39 is 24.1 Å². The lowest BCUT2D eigenvalue weighted by molar-refractivity contribution is -0.136. The number of amides is 1. The first-order valence-electron chi connectivity index (χ1n) is 7.75. The van der Waals surface area contributed by atoms with Gasteiger partial charge in [0.1, 0.15) is 17.2 Å². The number of carbonyl (C=O) groups excluding carboxylic acids is 1. The zero-order chi connectivity index (χ0) is 18.6. The molecule has 0 heterocycles. The van der Waals surface area contributed by atoms with Crippen molar-refractivity contribution in [2.75, 3.05) is 5.32 Å². The van der Waals surface area contributed by atoms with Gasteiger partial charge in [-0.1, -0.05) is 6.07 Å². The number of carboxylic acids is 1. The third-order valence-electron chi connectivity index (χ3n) is 3.19. The maximum absolute atomic E-state index is 13.8. The SMILES string of the molecule is CC(C)(C)Oc1ccc(C(=O)Nc2ccc(CC(=O)O)c(F)c2)cc1. The van der Waals surface area contributed by atoms with E-state index in [-0.39, 0.29) is 16.9 Å². The van der Waals surface area contributed by atoms with Crippen LogP contribution in [0.3, 0.4) is 0 Å². The molecule has 25 heavy (non-hydrogen) atoms. The number of anilines is 1. The molecule has 0 radical (unpaired) electrons. The minimum atomic E-state index is -1.12. The molecule has 0 aliphatic carbocycles. The van der Waals surface area contributed by atoms with Gasteiger partial charge in [0.25, 0.3) is 5.91 Å². The highest BCUT2D eigenvalue weighted by Crippen LogP contribution is 2.20. The van der Waals surface area contributed by atoms with Crippen LogP contribution in [0.4, 0.5) is 10.1 Å². The molecule has 6 heteroatoms. The van der Waals surface area contributed by atoms with E-state index >= 15 is 0 Å². The molecule has 0 aliphatic heterocycles. The standard InChI is InChI=1S/C19H20FNO4/c1-19(2,3)25-15-8-5-12(6-9-15)18(24)21-14-7-4-13(10-17(22)23)16(20)11-14/h4-9,11H,10H2,1-3H3,(H,21,24)(H,22,23). The maximum Gasteiger partial charge on any atom is 0.307 e. The molecule has 0 spiro atoms. The summed E-state index contributed by atoms with van der Waals surface area (Å²) in [6.45, 7) is 5.78. The number of hydrogen-bond acceptors (Lipinski definition) is 3. The van der Waals surface area contributed by atoms with Crippen molar-refractivity contribution in [2.45, 2.75) is 32.8 Å². The Morgan fingerprint density at radius 3 is 2.28 bits per heavy atom. The molecular weight excluding hydrogens is 325 g/mol. The van der Waals surface area contributed by atoms with Crippen molar-refractivity contribution in [3.05, 3.63) is 59.4 Å². The molecule has 132 valence electrons. The topological polar surface area (TPSA) is 75.6 Å². The zero-order valence-corrected chi connectivity index (χ0v) is 14.3. The minimum Gasteiger partial charge on any atom is -0.488 e. The lowest BCUT2D eigenvalue weighted by Crippen LogP contribution is -2.23. The lowest BCUT2D eigenvalue weighted by atomic mass is 10.1. The highest BCUT2D eigenvalue weighted by Gasteiger charge is 2.13. The number of halogens is 1. The lowest BCUT2D eigenvalue weighted by Gasteiger charge is -2.21.